The van der Waals surface area contributed by atoms with E-state index in [1.807, 2.05) is 37.3 Å². The first kappa shape index (κ1) is 16.3. The lowest BCUT2D eigenvalue weighted by Crippen LogP contribution is -2.30. The van der Waals surface area contributed by atoms with Crippen LogP contribution in [0.25, 0.3) is 6.08 Å². The van der Waals surface area contributed by atoms with Crippen molar-refractivity contribution in [2.45, 2.75) is 19.4 Å². The molecule has 2 aliphatic rings. The van der Waals surface area contributed by atoms with Crippen molar-refractivity contribution >= 4 is 35.0 Å². The highest BCUT2D eigenvalue weighted by molar-refractivity contribution is 8.18. The van der Waals surface area contributed by atoms with Crippen LogP contribution in [0.5, 0.6) is 5.75 Å². The maximum absolute atomic E-state index is 12.3. The van der Waals surface area contributed by atoms with E-state index in [9.17, 15) is 14.4 Å². The van der Waals surface area contributed by atoms with Crippen LogP contribution in [0.1, 0.15) is 18.9 Å². The fourth-order valence-electron chi connectivity index (χ4n) is 2.47. The van der Waals surface area contributed by atoms with E-state index in [-0.39, 0.29) is 24.0 Å². The molecule has 0 aromatic heterocycles. The molecule has 6 nitrogen and oxygen atoms in total. The van der Waals surface area contributed by atoms with Crippen LogP contribution < -0.4 is 4.74 Å². The van der Waals surface area contributed by atoms with Gasteiger partial charge in [-0.05, 0) is 42.5 Å². The molecule has 7 heteroatoms. The number of imide groups is 1. The van der Waals surface area contributed by atoms with E-state index in [0.29, 0.717) is 0 Å². The minimum Gasteiger partial charge on any atom is -0.485 e. The van der Waals surface area contributed by atoms with E-state index in [0.717, 1.165) is 33.5 Å². The largest absolute Gasteiger partial charge is 0.485 e. The molecule has 1 atom stereocenters. The van der Waals surface area contributed by atoms with Crippen molar-refractivity contribution in [1.29, 1.82) is 0 Å². The van der Waals surface area contributed by atoms with Crippen LogP contribution in [0.3, 0.4) is 0 Å². The topological polar surface area (TPSA) is 83.9 Å². The van der Waals surface area contributed by atoms with E-state index < -0.39 is 17.1 Å². The fraction of sp³-hybridized carbons (Fsp3) is 0.235. The summed E-state index contributed by atoms with van der Waals surface area (Å²) < 4.78 is 5.81. The first-order valence-electron chi connectivity index (χ1n) is 7.40. The molecule has 0 spiro atoms. The van der Waals surface area contributed by atoms with Gasteiger partial charge < -0.3 is 9.84 Å². The van der Waals surface area contributed by atoms with Crippen molar-refractivity contribution < 1.29 is 24.2 Å². The van der Waals surface area contributed by atoms with Crippen molar-refractivity contribution in [1.82, 2.24) is 4.90 Å². The van der Waals surface area contributed by atoms with Crippen molar-refractivity contribution in [3.63, 3.8) is 0 Å². The summed E-state index contributed by atoms with van der Waals surface area (Å²) in [6.07, 6.45) is 3.06. The van der Waals surface area contributed by atoms with Gasteiger partial charge in [0.15, 0.2) is 0 Å². The Morgan fingerprint density at radius 3 is 2.88 bits per heavy atom. The summed E-state index contributed by atoms with van der Waals surface area (Å²) >= 11 is 0.820. The number of carboxylic acids is 1. The van der Waals surface area contributed by atoms with E-state index in [2.05, 4.69) is 0 Å². The van der Waals surface area contributed by atoms with Crippen LogP contribution in [-0.2, 0) is 9.59 Å². The maximum atomic E-state index is 12.3. The van der Waals surface area contributed by atoms with E-state index in [1.54, 1.807) is 6.08 Å². The molecule has 1 saturated heterocycles. The van der Waals surface area contributed by atoms with Gasteiger partial charge in [0.2, 0.25) is 0 Å². The number of fused-ring (bicyclic) bond motifs is 1. The van der Waals surface area contributed by atoms with Gasteiger partial charge in [0.05, 0.1) is 11.3 Å². The van der Waals surface area contributed by atoms with Crippen molar-refractivity contribution in [2.24, 2.45) is 0 Å². The molecule has 1 N–H and O–H groups in total. The number of para-hydroxylation sites is 1. The molecule has 0 aliphatic carbocycles. The van der Waals surface area contributed by atoms with Gasteiger partial charge in [-0.2, -0.15) is 0 Å². The number of hydrogen-bond donors (Lipinski definition) is 1. The number of nitrogens with zero attached hydrogens (tertiary/aromatic N) is 1. The Balaban J connectivity index is 1.84. The number of aliphatic carboxylic acids is 1. The average molecular weight is 345 g/mol. The smallest absolute Gasteiger partial charge is 0.305 e. The molecule has 1 fully saturated rings. The molecule has 24 heavy (non-hydrogen) atoms. The molecule has 2 aliphatic heterocycles. The van der Waals surface area contributed by atoms with Crippen LogP contribution in [-0.4, -0.2) is 39.8 Å². The predicted molar refractivity (Wildman–Crippen MR) is 89.5 cm³/mol. The Kier molecular flexibility index (Phi) is 4.44. The van der Waals surface area contributed by atoms with Crippen LogP contribution in [0.2, 0.25) is 0 Å². The van der Waals surface area contributed by atoms with Gasteiger partial charge in [-0.3, -0.25) is 19.3 Å². The van der Waals surface area contributed by atoms with Gasteiger partial charge in [0.1, 0.15) is 11.9 Å². The highest BCUT2D eigenvalue weighted by atomic mass is 32.2. The quantitative estimate of drug-likeness (QED) is 0.845. The van der Waals surface area contributed by atoms with Crippen LogP contribution in [0.4, 0.5) is 4.79 Å². The van der Waals surface area contributed by atoms with Crippen molar-refractivity contribution in [3.8, 4) is 5.75 Å². The number of benzene rings is 1. The normalized spacial score (nSPS) is 21.5. The van der Waals surface area contributed by atoms with Gasteiger partial charge in [0, 0.05) is 12.1 Å². The Morgan fingerprint density at radius 2 is 2.12 bits per heavy atom. The molecular formula is C17H15NO5S. The Hall–Kier alpha value is -2.54. The third-order valence-corrected chi connectivity index (χ3v) is 4.64. The lowest BCUT2D eigenvalue weighted by molar-refractivity contribution is -0.137. The summed E-state index contributed by atoms with van der Waals surface area (Å²) in [4.78, 5) is 36.1. The zero-order chi connectivity index (χ0) is 17.3. The number of rotatable bonds is 4. The molecule has 0 saturated carbocycles. The fourth-order valence-corrected chi connectivity index (χ4v) is 3.34. The van der Waals surface area contributed by atoms with Gasteiger partial charge in [-0.15, -0.1) is 0 Å². The molecule has 1 aromatic carbocycles. The number of thioether (sulfide) groups is 1. The Bertz CT molecular complexity index is 783. The third kappa shape index (κ3) is 3.21. The number of carbonyl (C=O) groups is 3. The van der Waals surface area contributed by atoms with Crippen LogP contribution in [0, 0.1) is 0 Å². The lowest BCUT2D eigenvalue weighted by atomic mass is 10.0. The summed E-state index contributed by atoms with van der Waals surface area (Å²) in [7, 11) is 0. The highest BCUT2D eigenvalue weighted by Gasteiger charge is 2.35. The average Bonchev–Trinajstić information content (AvgIpc) is 2.80. The molecule has 0 unspecified atom stereocenters. The summed E-state index contributed by atoms with van der Waals surface area (Å²) in [5, 5.41) is 8.26. The van der Waals surface area contributed by atoms with Crippen LogP contribution in [0.15, 0.2) is 40.8 Å². The summed E-state index contributed by atoms with van der Waals surface area (Å²) in [5.74, 6) is -0.735. The molecule has 0 radical (unpaired) electrons. The summed E-state index contributed by atoms with van der Waals surface area (Å²) in [6.45, 7) is 1.75. The van der Waals surface area contributed by atoms with Crippen molar-refractivity contribution in [3.05, 3.63) is 46.4 Å². The SMILES string of the molecule is C[C@@H]1Oc2ccccc2C=C1/C=C1/SC(=O)N(CCC(=O)O)C1=O. The zero-order valence-corrected chi connectivity index (χ0v) is 13.7. The third-order valence-electron chi connectivity index (χ3n) is 3.73. The summed E-state index contributed by atoms with van der Waals surface area (Å²) in [6, 6.07) is 7.57. The molecule has 3 rings (SSSR count). The van der Waals surface area contributed by atoms with Gasteiger partial charge in [0.25, 0.3) is 11.1 Å². The lowest BCUT2D eigenvalue weighted by Gasteiger charge is -2.23. The molecule has 0 bridgehead atoms. The van der Waals surface area contributed by atoms with E-state index >= 15 is 0 Å². The number of ether oxygens (including phenoxy) is 1. The monoisotopic (exact) mass is 345 g/mol. The zero-order valence-electron chi connectivity index (χ0n) is 12.9. The highest BCUT2D eigenvalue weighted by Crippen LogP contribution is 2.35. The number of carbonyl (C=O) groups excluding carboxylic acids is 2. The Morgan fingerprint density at radius 1 is 1.38 bits per heavy atom. The standard InChI is InChI=1S/C17H15NO5S/c1-10-12(8-11-4-2-3-5-13(11)23-10)9-14-16(21)18(17(22)24-14)7-6-15(19)20/h2-5,8-10H,6-7H2,1H3,(H,19,20)/b14-9+/t10-/m0/s1. The predicted octanol–water partition coefficient (Wildman–Crippen LogP) is 2.90. The second-order valence-electron chi connectivity index (χ2n) is 5.42. The second kappa shape index (κ2) is 6.52. The first-order valence-corrected chi connectivity index (χ1v) is 8.22. The first-order chi connectivity index (χ1) is 11.5. The molecule has 1 aromatic rings. The number of hydrogen-bond acceptors (Lipinski definition) is 5. The molecule has 2 heterocycles. The van der Waals surface area contributed by atoms with Gasteiger partial charge in [-0.1, -0.05) is 18.2 Å². The summed E-state index contributed by atoms with van der Waals surface area (Å²) in [5.41, 5.74) is 1.70. The van der Waals surface area contributed by atoms with Crippen molar-refractivity contribution in [2.75, 3.05) is 6.54 Å². The minimum absolute atomic E-state index is 0.120. The van der Waals surface area contributed by atoms with Crippen LogP contribution >= 0.6 is 11.8 Å². The minimum atomic E-state index is -1.05. The maximum Gasteiger partial charge on any atom is 0.305 e. The Labute approximate surface area is 142 Å². The van der Waals surface area contributed by atoms with E-state index in [1.165, 1.54) is 0 Å². The molecule has 2 amide bonds. The number of amides is 2. The second-order valence-corrected chi connectivity index (χ2v) is 6.41. The van der Waals surface area contributed by atoms with Gasteiger partial charge in [-0.25, -0.2) is 0 Å². The molecular weight excluding hydrogens is 330 g/mol. The van der Waals surface area contributed by atoms with Gasteiger partial charge >= 0.3 is 5.97 Å². The number of carboxylic acid groups (broad SMARTS) is 1. The molecule has 124 valence electrons. The van der Waals surface area contributed by atoms with E-state index in [4.69, 9.17) is 9.84 Å².